The van der Waals surface area contributed by atoms with Gasteiger partial charge in [0.25, 0.3) is 11.6 Å². The van der Waals surface area contributed by atoms with Gasteiger partial charge in [-0.15, -0.1) is 0 Å². The molecule has 1 amide bonds. The van der Waals surface area contributed by atoms with Gasteiger partial charge in [-0.1, -0.05) is 6.92 Å². The summed E-state index contributed by atoms with van der Waals surface area (Å²) in [6.07, 6.45) is 9.10. The van der Waals surface area contributed by atoms with Crippen molar-refractivity contribution in [1.82, 2.24) is 5.32 Å². The van der Waals surface area contributed by atoms with Crippen LogP contribution < -0.4 is 15.5 Å². The maximum atomic E-state index is 13.2. The zero-order valence-electron chi connectivity index (χ0n) is 17.5. The highest BCUT2D eigenvalue weighted by Crippen LogP contribution is 2.54. The molecule has 3 aliphatic rings. The molecule has 2 aliphatic carbocycles. The first kappa shape index (κ1) is 20.0. The smallest absolute Gasteiger partial charge is 0.293 e. The Morgan fingerprint density at radius 1 is 1.14 bits per heavy atom. The summed E-state index contributed by atoms with van der Waals surface area (Å²) in [6, 6.07) is 3.41. The van der Waals surface area contributed by atoms with Crippen molar-refractivity contribution in [2.24, 2.45) is 11.3 Å². The third-order valence-corrected chi connectivity index (χ3v) is 7.30. The Labute approximate surface area is 172 Å². The number of hydrogen-bond donors (Lipinski definition) is 2. The molecule has 7 heteroatoms. The van der Waals surface area contributed by atoms with E-state index in [1.54, 1.807) is 13.1 Å². The van der Waals surface area contributed by atoms with Gasteiger partial charge in [-0.3, -0.25) is 14.9 Å². The van der Waals surface area contributed by atoms with E-state index in [0.29, 0.717) is 22.6 Å². The molecule has 0 radical (unpaired) electrons. The van der Waals surface area contributed by atoms with Crippen LogP contribution in [-0.2, 0) is 0 Å². The molecule has 1 aromatic rings. The number of carbonyl (C=O) groups excluding carboxylic acids is 1. The van der Waals surface area contributed by atoms with E-state index in [4.69, 9.17) is 0 Å². The van der Waals surface area contributed by atoms with Crippen molar-refractivity contribution in [3.63, 3.8) is 0 Å². The summed E-state index contributed by atoms with van der Waals surface area (Å²) in [7, 11) is 1.68. The average molecular weight is 401 g/mol. The van der Waals surface area contributed by atoms with E-state index >= 15 is 0 Å². The third kappa shape index (κ3) is 4.19. The van der Waals surface area contributed by atoms with Crippen LogP contribution in [0.1, 0.15) is 68.6 Å². The Balaban J connectivity index is 1.61. The SMILES string of the molecule is CNc1cc(N2CCC3(CC2)CC3)c(C(=O)NC2CCC(C)CC2)cc1[N+](=O)[O-]. The molecule has 1 aromatic carbocycles. The summed E-state index contributed by atoms with van der Waals surface area (Å²) in [5.74, 6) is 0.523. The van der Waals surface area contributed by atoms with E-state index in [2.05, 4.69) is 22.5 Å². The van der Waals surface area contributed by atoms with Crippen LogP contribution in [0.5, 0.6) is 0 Å². The summed E-state index contributed by atoms with van der Waals surface area (Å²) in [6.45, 7) is 4.06. The predicted molar refractivity (Wildman–Crippen MR) is 115 cm³/mol. The van der Waals surface area contributed by atoms with Crippen molar-refractivity contribution >= 4 is 23.0 Å². The second kappa shape index (κ2) is 7.84. The van der Waals surface area contributed by atoms with Gasteiger partial charge in [0.1, 0.15) is 5.69 Å². The van der Waals surface area contributed by atoms with Crippen molar-refractivity contribution in [1.29, 1.82) is 0 Å². The lowest BCUT2D eigenvalue weighted by atomic mass is 9.87. The number of anilines is 2. The Hall–Kier alpha value is -2.31. The molecule has 7 nitrogen and oxygen atoms in total. The summed E-state index contributed by atoms with van der Waals surface area (Å²) >= 11 is 0. The Kier molecular flexibility index (Phi) is 5.40. The lowest BCUT2D eigenvalue weighted by molar-refractivity contribution is -0.383. The molecule has 1 aliphatic heterocycles. The molecule has 2 N–H and O–H groups in total. The van der Waals surface area contributed by atoms with E-state index in [9.17, 15) is 14.9 Å². The van der Waals surface area contributed by atoms with Gasteiger partial charge < -0.3 is 15.5 Å². The molecule has 4 rings (SSSR count). The summed E-state index contributed by atoms with van der Waals surface area (Å²) in [5.41, 5.74) is 2.19. The van der Waals surface area contributed by atoms with Crippen LogP contribution in [0.25, 0.3) is 0 Å². The molecule has 3 fully saturated rings. The molecule has 0 aromatic heterocycles. The number of hydrogen-bond acceptors (Lipinski definition) is 5. The number of benzene rings is 1. The van der Waals surface area contributed by atoms with Gasteiger partial charge in [-0.2, -0.15) is 0 Å². The molecule has 0 atom stereocenters. The zero-order valence-corrected chi connectivity index (χ0v) is 17.5. The molecule has 1 heterocycles. The normalized spacial score (nSPS) is 25.5. The van der Waals surface area contributed by atoms with Crippen LogP contribution in [0.4, 0.5) is 17.1 Å². The van der Waals surface area contributed by atoms with Crippen molar-refractivity contribution in [3.8, 4) is 0 Å². The lowest BCUT2D eigenvalue weighted by Crippen LogP contribution is -2.39. The van der Waals surface area contributed by atoms with Gasteiger partial charge in [0.05, 0.1) is 16.2 Å². The van der Waals surface area contributed by atoms with E-state index in [1.165, 1.54) is 18.9 Å². The van der Waals surface area contributed by atoms with E-state index in [-0.39, 0.29) is 17.6 Å². The molecule has 2 saturated carbocycles. The largest absolute Gasteiger partial charge is 0.383 e. The second-order valence-electron chi connectivity index (χ2n) is 9.31. The maximum Gasteiger partial charge on any atom is 0.293 e. The highest BCUT2D eigenvalue weighted by atomic mass is 16.6. The fraction of sp³-hybridized carbons (Fsp3) is 0.682. The van der Waals surface area contributed by atoms with Gasteiger partial charge in [0, 0.05) is 32.2 Å². The van der Waals surface area contributed by atoms with Crippen molar-refractivity contribution < 1.29 is 9.72 Å². The Bertz CT molecular complexity index is 787. The van der Waals surface area contributed by atoms with E-state index in [0.717, 1.165) is 57.3 Å². The molecule has 29 heavy (non-hydrogen) atoms. The zero-order chi connectivity index (χ0) is 20.6. The number of nitrogens with one attached hydrogen (secondary N) is 2. The van der Waals surface area contributed by atoms with Gasteiger partial charge >= 0.3 is 0 Å². The van der Waals surface area contributed by atoms with Crippen molar-refractivity contribution in [2.45, 2.75) is 64.3 Å². The minimum Gasteiger partial charge on any atom is -0.383 e. The number of piperidine rings is 1. The molecule has 1 saturated heterocycles. The summed E-state index contributed by atoms with van der Waals surface area (Å²) in [4.78, 5) is 26.6. The number of nitro benzene ring substituents is 1. The minimum absolute atomic E-state index is 0.0469. The number of nitro groups is 1. The van der Waals surface area contributed by atoms with Crippen LogP contribution in [0, 0.1) is 21.4 Å². The monoisotopic (exact) mass is 400 g/mol. The quantitative estimate of drug-likeness (QED) is 0.567. The molecule has 0 bridgehead atoms. The van der Waals surface area contributed by atoms with Crippen LogP contribution in [0.2, 0.25) is 0 Å². The number of carbonyl (C=O) groups is 1. The van der Waals surface area contributed by atoms with Gasteiger partial charge in [0.15, 0.2) is 0 Å². The number of rotatable bonds is 5. The number of nitrogens with zero attached hydrogens (tertiary/aromatic N) is 2. The van der Waals surface area contributed by atoms with Crippen molar-refractivity contribution in [3.05, 3.63) is 27.8 Å². The first-order valence-electron chi connectivity index (χ1n) is 11.0. The standard InChI is InChI=1S/C22H32N4O3/c1-15-3-5-16(6-4-15)24-21(27)17-13-20(26(28)29)18(23-2)14-19(17)25-11-9-22(7-8-22)10-12-25/h13-16,23H,3-12H2,1-2H3,(H,24,27). The lowest BCUT2D eigenvalue weighted by Gasteiger charge is -2.35. The maximum absolute atomic E-state index is 13.2. The minimum atomic E-state index is -0.413. The Morgan fingerprint density at radius 2 is 1.79 bits per heavy atom. The topological polar surface area (TPSA) is 87.5 Å². The predicted octanol–water partition coefficient (Wildman–Crippen LogP) is 4.33. The van der Waals surface area contributed by atoms with Crippen LogP contribution in [0.3, 0.4) is 0 Å². The molecular weight excluding hydrogens is 368 g/mol. The van der Waals surface area contributed by atoms with Gasteiger partial charge in [-0.05, 0) is 68.8 Å². The summed E-state index contributed by atoms with van der Waals surface area (Å²) in [5, 5.41) is 17.7. The van der Waals surface area contributed by atoms with Crippen LogP contribution in [-0.4, -0.2) is 37.0 Å². The van der Waals surface area contributed by atoms with E-state index in [1.807, 2.05) is 0 Å². The highest BCUT2D eigenvalue weighted by Gasteiger charge is 2.44. The number of amides is 1. The van der Waals surface area contributed by atoms with Crippen LogP contribution in [0.15, 0.2) is 12.1 Å². The first-order chi connectivity index (χ1) is 13.9. The fourth-order valence-corrected chi connectivity index (χ4v) is 4.94. The first-order valence-corrected chi connectivity index (χ1v) is 11.0. The molecular formula is C22H32N4O3. The van der Waals surface area contributed by atoms with E-state index < -0.39 is 4.92 Å². The highest BCUT2D eigenvalue weighted by molar-refractivity contribution is 6.02. The molecule has 0 unspecified atom stereocenters. The fourth-order valence-electron chi connectivity index (χ4n) is 4.94. The van der Waals surface area contributed by atoms with Crippen LogP contribution >= 0.6 is 0 Å². The van der Waals surface area contributed by atoms with Gasteiger partial charge in [-0.25, -0.2) is 0 Å². The van der Waals surface area contributed by atoms with Gasteiger partial charge in [0.2, 0.25) is 0 Å². The second-order valence-corrected chi connectivity index (χ2v) is 9.31. The molecule has 158 valence electrons. The molecule has 1 spiro atoms. The summed E-state index contributed by atoms with van der Waals surface area (Å²) < 4.78 is 0. The third-order valence-electron chi connectivity index (χ3n) is 7.30. The average Bonchev–Trinajstić information content (AvgIpc) is 3.48. The Morgan fingerprint density at radius 3 is 2.34 bits per heavy atom. The van der Waals surface area contributed by atoms with Crippen molar-refractivity contribution in [2.75, 3.05) is 30.4 Å².